The third-order valence-corrected chi connectivity index (χ3v) is 5.22. The fraction of sp³-hybridized carbons (Fsp3) is 0.440. The Hall–Kier alpha value is -2.53. The summed E-state index contributed by atoms with van der Waals surface area (Å²) in [6.07, 6.45) is 0.534. The normalized spacial score (nSPS) is 11.5. The van der Waals surface area contributed by atoms with Crippen LogP contribution >= 0.6 is 11.6 Å². The predicted molar refractivity (Wildman–Crippen MR) is 126 cm³/mol. The van der Waals surface area contributed by atoms with Gasteiger partial charge in [-0.15, -0.1) is 0 Å². The molecule has 2 N–H and O–H groups in total. The Labute approximate surface area is 190 Å². The number of primary amides is 1. The summed E-state index contributed by atoms with van der Waals surface area (Å²) in [4.78, 5) is 25.8. The molecule has 31 heavy (non-hydrogen) atoms. The average Bonchev–Trinajstić information content (AvgIpc) is 2.64. The van der Waals surface area contributed by atoms with Gasteiger partial charge in [0.2, 0.25) is 5.91 Å². The number of rotatable bonds is 7. The number of carbonyl (C=O) groups excluding carboxylic acids is 2. The topological polar surface area (TPSA) is 72.6 Å². The first-order chi connectivity index (χ1) is 14.4. The highest BCUT2D eigenvalue weighted by molar-refractivity contribution is 6.31. The second kappa shape index (κ2) is 10.2. The number of aryl methyl sites for hydroxylation is 1. The van der Waals surface area contributed by atoms with Gasteiger partial charge in [-0.3, -0.25) is 4.79 Å². The number of nitrogens with zero attached hydrogens (tertiary/aromatic N) is 1. The van der Waals surface area contributed by atoms with Crippen molar-refractivity contribution in [1.82, 2.24) is 4.90 Å². The Bertz CT molecular complexity index is 948. The van der Waals surface area contributed by atoms with Crippen LogP contribution in [-0.2, 0) is 11.3 Å². The summed E-state index contributed by atoms with van der Waals surface area (Å²) in [6, 6.07) is 11.2. The van der Waals surface area contributed by atoms with Crippen molar-refractivity contribution in [2.75, 3.05) is 6.54 Å². The van der Waals surface area contributed by atoms with Crippen molar-refractivity contribution >= 4 is 23.6 Å². The molecule has 0 radical (unpaired) electrons. The van der Waals surface area contributed by atoms with E-state index in [1.165, 1.54) is 0 Å². The fourth-order valence-corrected chi connectivity index (χ4v) is 3.41. The number of hydrogen-bond donors (Lipinski definition) is 1. The number of nitrogens with two attached hydrogens (primary N) is 1. The summed E-state index contributed by atoms with van der Waals surface area (Å²) in [7, 11) is 0. The first-order valence-corrected chi connectivity index (χ1v) is 10.9. The highest BCUT2D eigenvalue weighted by Crippen LogP contribution is 2.29. The molecule has 0 heterocycles. The standard InChI is InChI=1S/C25H33ClN2O3/c1-16(2)11-12-28(24(30)31-25(4,5)6)15-20-8-7-18(14-22(20)26)21-10-9-19(23(27)29)13-17(21)3/h7-10,13-14,16H,11-12,15H2,1-6H3,(H2,27,29). The largest absolute Gasteiger partial charge is 0.444 e. The summed E-state index contributed by atoms with van der Waals surface area (Å²) in [6.45, 7) is 12.7. The van der Waals surface area contributed by atoms with Crippen LogP contribution in [0.5, 0.6) is 0 Å². The van der Waals surface area contributed by atoms with Crippen LogP contribution in [0, 0.1) is 12.8 Å². The number of hydrogen-bond acceptors (Lipinski definition) is 3. The number of carbonyl (C=O) groups is 2. The summed E-state index contributed by atoms with van der Waals surface area (Å²) < 4.78 is 5.59. The van der Waals surface area contributed by atoms with E-state index in [9.17, 15) is 9.59 Å². The first kappa shape index (κ1) is 24.7. The van der Waals surface area contributed by atoms with Crippen LogP contribution in [0.3, 0.4) is 0 Å². The molecule has 0 bridgehead atoms. The van der Waals surface area contributed by atoms with Crippen molar-refractivity contribution in [3.8, 4) is 11.1 Å². The molecule has 2 aromatic carbocycles. The molecule has 0 fully saturated rings. The summed E-state index contributed by atoms with van der Waals surface area (Å²) in [5, 5.41) is 0.578. The van der Waals surface area contributed by atoms with E-state index in [4.69, 9.17) is 22.1 Å². The van der Waals surface area contributed by atoms with Crippen molar-refractivity contribution in [2.24, 2.45) is 11.7 Å². The minimum Gasteiger partial charge on any atom is -0.444 e. The predicted octanol–water partition coefficient (Wildman–Crippen LogP) is 6.20. The molecule has 0 unspecified atom stereocenters. The molecular formula is C25H33ClN2O3. The van der Waals surface area contributed by atoms with Crippen LogP contribution in [0.4, 0.5) is 4.79 Å². The zero-order chi connectivity index (χ0) is 23.3. The number of ether oxygens (including phenoxy) is 1. The van der Waals surface area contributed by atoms with Crippen LogP contribution < -0.4 is 5.73 Å². The monoisotopic (exact) mass is 444 g/mol. The van der Waals surface area contributed by atoms with E-state index in [1.54, 1.807) is 17.0 Å². The van der Waals surface area contributed by atoms with Gasteiger partial charge in [0.25, 0.3) is 0 Å². The maximum atomic E-state index is 12.7. The van der Waals surface area contributed by atoms with Crippen molar-refractivity contribution in [2.45, 2.75) is 60.1 Å². The van der Waals surface area contributed by atoms with E-state index < -0.39 is 11.5 Å². The molecular weight excluding hydrogens is 412 g/mol. The van der Waals surface area contributed by atoms with Gasteiger partial charge in [0.15, 0.2) is 0 Å². The zero-order valence-corrected chi connectivity index (χ0v) is 20.0. The molecule has 0 aliphatic rings. The van der Waals surface area contributed by atoms with Gasteiger partial charge in [0.05, 0.1) is 6.54 Å². The van der Waals surface area contributed by atoms with Gasteiger partial charge in [-0.2, -0.15) is 0 Å². The smallest absolute Gasteiger partial charge is 0.410 e. The van der Waals surface area contributed by atoms with E-state index in [2.05, 4.69) is 13.8 Å². The number of benzene rings is 2. The van der Waals surface area contributed by atoms with E-state index in [-0.39, 0.29) is 6.09 Å². The Kier molecular flexibility index (Phi) is 8.13. The molecule has 2 rings (SSSR count). The highest BCUT2D eigenvalue weighted by atomic mass is 35.5. The van der Waals surface area contributed by atoms with Crippen molar-refractivity contribution in [1.29, 1.82) is 0 Å². The summed E-state index contributed by atoms with van der Waals surface area (Å²) in [5.74, 6) is 0.0146. The molecule has 0 spiro atoms. The van der Waals surface area contributed by atoms with Gasteiger partial charge in [-0.25, -0.2) is 4.79 Å². The lowest BCUT2D eigenvalue weighted by atomic mass is 9.97. The van der Waals surface area contributed by atoms with Gasteiger partial charge in [0.1, 0.15) is 5.60 Å². The molecule has 0 atom stereocenters. The molecule has 5 nitrogen and oxygen atoms in total. The summed E-state index contributed by atoms with van der Waals surface area (Å²) >= 11 is 6.61. The third kappa shape index (κ3) is 7.28. The molecule has 168 valence electrons. The van der Waals surface area contributed by atoms with Crippen LogP contribution in [0.1, 0.15) is 62.5 Å². The second-order valence-electron chi connectivity index (χ2n) is 9.28. The van der Waals surface area contributed by atoms with Crippen LogP contribution in [-0.4, -0.2) is 29.0 Å². The molecule has 0 saturated carbocycles. The lowest BCUT2D eigenvalue weighted by molar-refractivity contribution is 0.0226. The highest BCUT2D eigenvalue weighted by Gasteiger charge is 2.23. The van der Waals surface area contributed by atoms with Gasteiger partial charge in [-0.05, 0) is 80.5 Å². The Morgan fingerprint density at radius 1 is 1.13 bits per heavy atom. The average molecular weight is 445 g/mol. The quantitative estimate of drug-likeness (QED) is 0.552. The van der Waals surface area contributed by atoms with E-state index in [1.807, 2.05) is 52.0 Å². The van der Waals surface area contributed by atoms with Gasteiger partial charge in [0, 0.05) is 17.1 Å². The Morgan fingerprint density at radius 3 is 2.32 bits per heavy atom. The van der Waals surface area contributed by atoms with Gasteiger partial charge in [-0.1, -0.05) is 43.6 Å². The maximum Gasteiger partial charge on any atom is 0.410 e. The van der Waals surface area contributed by atoms with Crippen LogP contribution in [0.25, 0.3) is 11.1 Å². The molecule has 0 aliphatic carbocycles. The molecule has 0 saturated heterocycles. The molecule has 6 heteroatoms. The second-order valence-corrected chi connectivity index (χ2v) is 9.69. The molecule has 2 aromatic rings. The molecule has 0 aliphatic heterocycles. The van der Waals surface area contributed by atoms with Gasteiger partial charge < -0.3 is 15.4 Å². The zero-order valence-electron chi connectivity index (χ0n) is 19.3. The third-order valence-electron chi connectivity index (χ3n) is 4.86. The maximum absolute atomic E-state index is 12.7. The van der Waals surface area contributed by atoms with Gasteiger partial charge >= 0.3 is 6.09 Å². The Balaban J connectivity index is 2.27. The first-order valence-electron chi connectivity index (χ1n) is 10.5. The van der Waals surface area contributed by atoms with Crippen LogP contribution in [0.2, 0.25) is 5.02 Å². The van der Waals surface area contributed by atoms with Crippen molar-refractivity contribution in [3.63, 3.8) is 0 Å². The summed E-state index contributed by atoms with van der Waals surface area (Å²) in [5.41, 5.74) is 8.98. The minimum absolute atomic E-state index is 0.342. The SMILES string of the molecule is Cc1cc(C(N)=O)ccc1-c1ccc(CN(CCC(C)C)C(=O)OC(C)(C)C)c(Cl)c1. The lowest BCUT2D eigenvalue weighted by Gasteiger charge is -2.28. The minimum atomic E-state index is -0.560. The number of amides is 2. The number of halogens is 1. The van der Waals surface area contributed by atoms with E-state index in [0.717, 1.165) is 28.7 Å². The van der Waals surface area contributed by atoms with Crippen molar-refractivity contribution < 1.29 is 14.3 Å². The Morgan fingerprint density at radius 2 is 1.81 bits per heavy atom. The fourth-order valence-electron chi connectivity index (χ4n) is 3.16. The van der Waals surface area contributed by atoms with Crippen LogP contribution in [0.15, 0.2) is 36.4 Å². The lowest BCUT2D eigenvalue weighted by Crippen LogP contribution is -2.37. The molecule has 2 amide bonds. The van der Waals surface area contributed by atoms with E-state index >= 15 is 0 Å². The molecule has 0 aromatic heterocycles. The van der Waals surface area contributed by atoms with Crippen molar-refractivity contribution in [3.05, 3.63) is 58.1 Å². The van der Waals surface area contributed by atoms with E-state index in [0.29, 0.717) is 29.6 Å².